The van der Waals surface area contributed by atoms with E-state index in [2.05, 4.69) is 5.32 Å². The van der Waals surface area contributed by atoms with E-state index in [1.165, 1.54) is 0 Å². The van der Waals surface area contributed by atoms with E-state index in [0.29, 0.717) is 12.1 Å². The van der Waals surface area contributed by atoms with Crippen LogP contribution in [0.25, 0.3) is 0 Å². The Morgan fingerprint density at radius 3 is 2.45 bits per heavy atom. The number of hydrogen-bond donors (Lipinski definition) is 2. The molecule has 0 spiro atoms. The fourth-order valence-electron chi connectivity index (χ4n) is 1.82. The van der Waals surface area contributed by atoms with E-state index < -0.39 is 0 Å². The molecule has 1 rings (SSSR count). The maximum Gasteiger partial charge on any atom is 0.251 e. The first-order chi connectivity index (χ1) is 8.95. The smallest absolute Gasteiger partial charge is 0.251 e. The van der Waals surface area contributed by atoms with Gasteiger partial charge in [-0.2, -0.15) is 0 Å². The average molecular weight is 301 g/mol. The lowest BCUT2D eigenvalue weighted by Crippen LogP contribution is -2.49. The molecule has 4 nitrogen and oxygen atoms in total. The van der Waals surface area contributed by atoms with E-state index in [1.54, 1.807) is 19.2 Å². The van der Waals surface area contributed by atoms with Crippen molar-refractivity contribution in [2.45, 2.75) is 39.2 Å². The summed E-state index contributed by atoms with van der Waals surface area (Å²) < 4.78 is 5.22. The lowest BCUT2D eigenvalue weighted by atomic mass is 9.94. The van der Waals surface area contributed by atoms with Crippen LogP contribution < -0.4 is 15.8 Å². The summed E-state index contributed by atoms with van der Waals surface area (Å²) in [6.07, 6.45) is 1.67. The SMILES string of the molecule is CCC(N)(CC)CNC(=O)c1ccc(C)c(OC)c1.Cl. The molecule has 20 heavy (non-hydrogen) atoms. The highest BCUT2D eigenvalue weighted by molar-refractivity contribution is 5.94. The lowest BCUT2D eigenvalue weighted by Gasteiger charge is -2.26. The van der Waals surface area contributed by atoms with Gasteiger partial charge < -0.3 is 15.8 Å². The number of aryl methyl sites for hydroxylation is 1. The number of benzene rings is 1. The van der Waals surface area contributed by atoms with Crippen molar-refractivity contribution in [1.29, 1.82) is 0 Å². The Hall–Kier alpha value is -1.26. The van der Waals surface area contributed by atoms with E-state index in [-0.39, 0.29) is 23.9 Å². The van der Waals surface area contributed by atoms with Crippen LogP contribution in [0.3, 0.4) is 0 Å². The minimum absolute atomic E-state index is 0. The zero-order valence-corrected chi connectivity index (χ0v) is 13.5. The Morgan fingerprint density at radius 2 is 1.95 bits per heavy atom. The Balaban J connectivity index is 0.00000361. The summed E-state index contributed by atoms with van der Waals surface area (Å²) in [6.45, 7) is 6.49. The minimum atomic E-state index is -0.329. The second kappa shape index (κ2) is 8.12. The van der Waals surface area contributed by atoms with Gasteiger partial charge in [0, 0.05) is 17.6 Å². The summed E-state index contributed by atoms with van der Waals surface area (Å²) in [7, 11) is 1.60. The molecular formula is C15H25ClN2O2. The number of methoxy groups -OCH3 is 1. The molecule has 1 aromatic carbocycles. The fourth-order valence-corrected chi connectivity index (χ4v) is 1.82. The quantitative estimate of drug-likeness (QED) is 0.849. The molecule has 0 aliphatic carbocycles. The van der Waals surface area contributed by atoms with Crippen molar-refractivity contribution in [3.8, 4) is 5.75 Å². The van der Waals surface area contributed by atoms with Gasteiger partial charge in [-0.25, -0.2) is 0 Å². The van der Waals surface area contributed by atoms with Gasteiger partial charge in [0.1, 0.15) is 5.75 Å². The Bertz CT molecular complexity index is 445. The zero-order chi connectivity index (χ0) is 14.5. The number of carbonyl (C=O) groups is 1. The molecule has 0 atom stereocenters. The van der Waals surface area contributed by atoms with Gasteiger partial charge in [-0.1, -0.05) is 19.9 Å². The van der Waals surface area contributed by atoms with Gasteiger partial charge in [0.15, 0.2) is 0 Å². The van der Waals surface area contributed by atoms with Gasteiger partial charge in [0.2, 0.25) is 0 Å². The maximum absolute atomic E-state index is 12.1. The molecule has 0 heterocycles. The highest BCUT2D eigenvalue weighted by atomic mass is 35.5. The molecular weight excluding hydrogens is 276 g/mol. The predicted molar refractivity (Wildman–Crippen MR) is 84.8 cm³/mol. The van der Waals surface area contributed by atoms with Crippen LogP contribution in [0.2, 0.25) is 0 Å². The summed E-state index contributed by atoms with van der Waals surface area (Å²) in [4.78, 5) is 12.1. The molecule has 5 heteroatoms. The van der Waals surface area contributed by atoms with Gasteiger partial charge in [-0.05, 0) is 37.5 Å². The molecule has 1 amide bonds. The maximum atomic E-state index is 12.1. The number of nitrogens with two attached hydrogens (primary N) is 1. The molecule has 3 N–H and O–H groups in total. The van der Waals surface area contributed by atoms with Gasteiger partial charge >= 0.3 is 0 Å². The van der Waals surface area contributed by atoms with Crippen molar-refractivity contribution in [3.63, 3.8) is 0 Å². The Labute approximate surface area is 127 Å². The predicted octanol–water partition coefficient (Wildman–Crippen LogP) is 2.67. The molecule has 0 unspecified atom stereocenters. The van der Waals surface area contributed by atoms with Crippen LogP contribution in [0, 0.1) is 6.92 Å². The van der Waals surface area contributed by atoms with Gasteiger partial charge in [-0.15, -0.1) is 12.4 Å². The molecule has 0 fully saturated rings. The standard InChI is InChI=1S/C15H24N2O2.ClH/c1-5-15(16,6-2)10-17-14(18)12-8-7-11(3)13(9-12)19-4;/h7-9H,5-6,10,16H2,1-4H3,(H,17,18);1H. The van der Waals surface area contributed by atoms with E-state index in [9.17, 15) is 4.79 Å². The van der Waals surface area contributed by atoms with Crippen LogP contribution in [-0.2, 0) is 0 Å². The largest absolute Gasteiger partial charge is 0.496 e. The molecule has 0 aliphatic rings. The lowest BCUT2D eigenvalue weighted by molar-refractivity contribution is 0.0942. The van der Waals surface area contributed by atoms with Crippen molar-refractivity contribution in [2.75, 3.05) is 13.7 Å². The van der Waals surface area contributed by atoms with Gasteiger partial charge in [0.05, 0.1) is 7.11 Å². The second-order valence-corrected chi connectivity index (χ2v) is 4.94. The fraction of sp³-hybridized carbons (Fsp3) is 0.533. The topological polar surface area (TPSA) is 64.3 Å². The number of hydrogen-bond acceptors (Lipinski definition) is 3. The number of ether oxygens (including phenoxy) is 1. The van der Waals surface area contributed by atoms with Crippen LogP contribution in [0.1, 0.15) is 42.6 Å². The van der Waals surface area contributed by atoms with Crippen molar-refractivity contribution >= 4 is 18.3 Å². The minimum Gasteiger partial charge on any atom is -0.496 e. The highest BCUT2D eigenvalue weighted by Gasteiger charge is 2.21. The van der Waals surface area contributed by atoms with Crippen molar-refractivity contribution in [1.82, 2.24) is 5.32 Å². The summed E-state index contributed by atoms with van der Waals surface area (Å²) in [5.41, 5.74) is 7.44. The first kappa shape index (κ1) is 18.7. The van der Waals surface area contributed by atoms with E-state index in [1.807, 2.05) is 26.8 Å². The van der Waals surface area contributed by atoms with Crippen LogP contribution in [0.5, 0.6) is 5.75 Å². The first-order valence-corrected chi connectivity index (χ1v) is 6.67. The molecule has 0 saturated carbocycles. The summed E-state index contributed by atoms with van der Waals surface area (Å²) in [5.74, 6) is 0.604. The van der Waals surface area contributed by atoms with Gasteiger partial charge in [-0.3, -0.25) is 4.79 Å². The van der Waals surface area contributed by atoms with E-state index in [0.717, 1.165) is 24.2 Å². The number of amides is 1. The van der Waals surface area contributed by atoms with Crippen molar-refractivity contribution < 1.29 is 9.53 Å². The third-order valence-corrected chi connectivity index (χ3v) is 3.68. The van der Waals surface area contributed by atoms with Crippen molar-refractivity contribution in [3.05, 3.63) is 29.3 Å². The molecule has 0 aliphatic heterocycles. The van der Waals surface area contributed by atoms with Gasteiger partial charge in [0.25, 0.3) is 5.91 Å². The highest BCUT2D eigenvalue weighted by Crippen LogP contribution is 2.19. The van der Waals surface area contributed by atoms with Crippen molar-refractivity contribution in [2.24, 2.45) is 5.73 Å². The molecule has 1 aromatic rings. The third-order valence-electron chi connectivity index (χ3n) is 3.68. The Kier molecular flexibility index (Phi) is 7.61. The monoisotopic (exact) mass is 300 g/mol. The number of carbonyl (C=O) groups excluding carboxylic acids is 1. The van der Waals surface area contributed by atoms with Crippen LogP contribution in [0.15, 0.2) is 18.2 Å². The molecule has 114 valence electrons. The van der Waals surface area contributed by atoms with Crippen LogP contribution in [-0.4, -0.2) is 25.1 Å². The van der Waals surface area contributed by atoms with Crippen LogP contribution >= 0.6 is 12.4 Å². The average Bonchev–Trinajstić information content (AvgIpc) is 2.44. The second-order valence-electron chi connectivity index (χ2n) is 4.94. The third kappa shape index (κ3) is 4.69. The summed E-state index contributed by atoms with van der Waals surface area (Å²) in [6, 6.07) is 5.42. The Morgan fingerprint density at radius 1 is 1.35 bits per heavy atom. The number of nitrogens with one attached hydrogen (secondary N) is 1. The van der Waals surface area contributed by atoms with E-state index >= 15 is 0 Å². The molecule has 0 saturated heterocycles. The van der Waals surface area contributed by atoms with E-state index in [4.69, 9.17) is 10.5 Å². The summed E-state index contributed by atoms with van der Waals surface area (Å²) >= 11 is 0. The first-order valence-electron chi connectivity index (χ1n) is 6.67. The number of halogens is 1. The van der Waals surface area contributed by atoms with Crippen LogP contribution in [0.4, 0.5) is 0 Å². The summed E-state index contributed by atoms with van der Waals surface area (Å²) in [5, 5.41) is 2.89. The molecule has 0 radical (unpaired) electrons. The molecule has 0 bridgehead atoms. The zero-order valence-electron chi connectivity index (χ0n) is 12.7. The normalized spacial score (nSPS) is 10.7. The molecule has 0 aromatic heterocycles. The number of rotatable bonds is 6.